The summed E-state index contributed by atoms with van der Waals surface area (Å²) < 4.78 is 62.3. The van der Waals surface area contributed by atoms with Gasteiger partial charge in [-0.15, -0.1) is 0 Å². The third-order valence-corrected chi connectivity index (χ3v) is 2.94. The molecule has 1 aromatic rings. The molecule has 5 nitrogen and oxygen atoms in total. The van der Waals surface area contributed by atoms with Crippen LogP contribution in [0.5, 0.6) is 5.75 Å². The van der Waals surface area contributed by atoms with E-state index < -0.39 is 26.9 Å². The van der Waals surface area contributed by atoms with Crippen LogP contribution >= 0.6 is 0 Å². The quantitative estimate of drug-likeness (QED) is 0.592. The Balaban J connectivity index is 3.19. The molecule has 0 saturated heterocycles. The van der Waals surface area contributed by atoms with Crippen LogP contribution in [-0.4, -0.2) is 18.5 Å². The molecular weight excluding hydrogens is 263 g/mol. The monoisotopic (exact) mass is 271 g/mol. The molecule has 1 aromatic heterocycles. The zero-order valence-electron chi connectivity index (χ0n) is 8.78. The van der Waals surface area contributed by atoms with Gasteiger partial charge >= 0.3 is 15.6 Å². The molecule has 1 rings (SSSR count). The second kappa shape index (κ2) is 4.06. The van der Waals surface area contributed by atoms with Crippen molar-refractivity contribution in [1.29, 1.82) is 0 Å². The number of pyridine rings is 1. The van der Waals surface area contributed by atoms with Crippen LogP contribution < -0.4 is 9.74 Å². The fourth-order valence-corrected chi connectivity index (χ4v) is 1.40. The van der Waals surface area contributed by atoms with E-state index in [1.807, 2.05) is 0 Å². The largest absolute Gasteiger partial charge is 0.534 e. The minimum absolute atomic E-state index is 0.268. The summed E-state index contributed by atoms with van der Waals surface area (Å²) in [7, 11) is -4.36. The first-order chi connectivity index (χ1) is 7.54. The zero-order chi connectivity index (χ0) is 13.4. The number of hydrogen-bond acceptors (Lipinski definition) is 4. The molecule has 0 N–H and O–H groups in total. The minimum Gasteiger partial charge on any atom is -0.376 e. The van der Waals surface area contributed by atoms with Gasteiger partial charge in [0.1, 0.15) is 5.75 Å². The van der Waals surface area contributed by atoms with Crippen LogP contribution in [0.25, 0.3) is 0 Å². The van der Waals surface area contributed by atoms with Crippen molar-refractivity contribution in [1.82, 2.24) is 4.57 Å². The SMILES string of the molecule is Cc1cc(OS(=O)(=O)C(F)(F)F)cc(=O)n1C. The van der Waals surface area contributed by atoms with Crippen LogP contribution in [-0.2, 0) is 17.2 Å². The smallest absolute Gasteiger partial charge is 0.376 e. The highest BCUT2D eigenvalue weighted by atomic mass is 32.2. The van der Waals surface area contributed by atoms with E-state index >= 15 is 0 Å². The van der Waals surface area contributed by atoms with Gasteiger partial charge in [0.25, 0.3) is 5.56 Å². The summed E-state index contributed by atoms with van der Waals surface area (Å²) in [5, 5.41) is 0. The summed E-state index contributed by atoms with van der Waals surface area (Å²) in [6, 6.07) is 1.68. The lowest BCUT2D eigenvalue weighted by molar-refractivity contribution is -0.0500. The van der Waals surface area contributed by atoms with Gasteiger partial charge in [-0.1, -0.05) is 0 Å². The van der Waals surface area contributed by atoms with Crippen LogP contribution in [0, 0.1) is 6.92 Å². The average molecular weight is 271 g/mol. The molecular formula is C8H8F3NO4S. The first-order valence-electron chi connectivity index (χ1n) is 4.23. The molecule has 1 heterocycles. The topological polar surface area (TPSA) is 65.4 Å². The molecule has 0 aromatic carbocycles. The fourth-order valence-electron chi connectivity index (χ4n) is 0.959. The molecule has 9 heteroatoms. The number of hydrogen-bond donors (Lipinski definition) is 0. The van der Waals surface area contributed by atoms with Crippen molar-refractivity contribution in [2.75, 3.05) is 0 Å². The van der Waals surface area contributed by atoms with E-state index in [9.17, 15) is 26.4 Å². The summed E-state index contributed by atoms with van der Waals surface area (Å²) in [6.45, 7) is 1.43. The highest BCUT2D eigenvalue weighted by Gasteiger charge is 2.48. The van der Waals surface area contributed by atoms with Crippen molar-refractivity contribution in [3.63, 3.8) is 0 Å². The number of nitrogens with zero attached hydrogens (tertiary/aromatic N) is 1. The van der Waals surface area contributed by atoms with Crippen LogP contribution in [0.3, 0.4) is 0 Å². The summed E-state index contributed by atoms with van der Waals surface area (Å²) in [6.07, 6.45) is 0. The maximum Gasteiger partial charge on any atom is 0.534 e. The number of rotatable bonds is 2. The second-order valence-electron chi connectivity index (χ2n) is 3.21. The molecule has 0 fully saturated rings. The molecule has 96 valence electrons. The van der Waals surface area contributed by atoms with E-state index in [2.05, 4.69) is 4.18 Å². The molecule has 0 spiro atoms. The van der Waals surface area contributed by atoms with E-state index in [4.69, 9.17) is 0 Å². The van der Waals surface area contributed by atoms with Crippen molar-refractivity contribution in [2.24, 2.45) is 7.05 Å². The Morgan fingerprint density at radius 1 is 1.29 bits per heavy atom. The van der Waals surface area contributed by atoms with Gasteiger partial charge in [-0.2, -0.15) is 21.6 Å². The average Bonchev–Trinajstić information content (AvgIpc) is 2.11. The number of halogens is 3. The lowest BCUT2D eigenvalue weighted by Crippen LogP contribution is -2.29. The van der Waals surface area contributed by atoms with E-state index in [0.29, 0.717) is 6.07 Å². The van der Waals surface area contributed by atoms with Gasteiger partial charge < -0.3 is 8.75 Å². The van der Waals surface area contributed by atoms with E-state index in [1.165, 1.54) is 14.0 Å². The van der Waals surface area contributed by atoms with Crippen molar-refractivity contribution >= 4 is 10.1 Å². The number of aromatic nitrogens is 1. The van der Waals surface area contributed by atoms with Crippen molar-refractivity contribution in [3.05, 3.63) is 28.2 Å². The number of alkyl halides is 3. The highest BCUT2D eigenvalue weighted by Crippen LogP contribution is 2.26. The maximum atomic E-state index is 12.0. The Labute approximate surface area is 94.6 Å². The molecule has 17 heavy (non-hydrogen) atoms. The van der Waals surface area contributed by atoms with Gasteiger partial charge in [-0.25, -0.2) is 0 Å². The minimum atomic E-state index is -5.75. The highest BCUT2D eigenvalue weighted by molar-refractivity contribution is 7.87. The van der Waals surface area contributed by atoms with Crippen LogP contribution in [0.4, 0.5) is 13.2 Å². The Hall–Kier alpha value is -1.51. The molecule has 0 saturated carbocycles. The molecule has 0 aliphatic carbocycles. The van der Waals surface area contributed by atoms with Crippen LogP contribution in [0.2, 0.25) is 0 Å². The lowest BCUT2D eigenvalue weighted by atomic mass is 10.3. The third-order valence-electron chi connectivity index (χ3n) is 1.97. The summed E-state index contributed by atoms with van der Waals surface area (Å²) in [4.78, 5) is 11.2. The van der Waals surface area contributed by atoms with Crippen molar-refractivity contribution in [2.45, 2.75) is 12.4 Å². The van der Waals surface area contributed by atoms with E-state index in [-0.39, 0.29) is 5.69 Å². The standard InChI is InChI=1S/C8H8F3NO4S/c1-5-3-6(4-7(13)12(5)2)16-17(14,15)8(9,10)11/h3-4H,1-2H3. The summed E-state index contributed by atoms with van der Waals surface area (Å²) in [5.41, 5.74) is -5.93. The zero-order valence-corrected chi connectivity index (χ0v) is 9.59. The van der Waals surface area contributed by atoms with Gasteiger partial charge in [-0.05, 0) is 6.92 Å². The van der Waals surface area contributed by atoms with Gasteiger partial charge in [0.2, 0.25) is 0 Å². The summed E-state index contributed by atoms with van der Waals surface area (Å²) >= 11 is 0. The van der Waals surface area contributed by atoms with Gasteiger partial charge in [0, 0.05) is 24.9 Å². The second-order valence-corrected chi connectivity index (χ2v) is 4.75. The molecule has 0 amide bonds. The molecule has 0 aliphatic heterocycles. The van der Waals surface area contributed by atoms with Crippen LogP contribution in [0.1, 0.15) is 5.69 Å². The first kappa shape index (κ1) is 13.6. The summed E-state index contributed by atoms with van der Waals surface area (Å²) in [5.74, 6) is -0.664. The molecule has 0 radical (unpaired) electrons. The van der Waals surface area contributed by atoms with Crippen molar-refractivity contribution in [3.8, 4) is 5.75 Å². The van der Waals surface area contributed by atoms with Crippen LogP contribution in [0.15, 0.2) is 16.9 Å². The lowest BCUT2D eigenvalue weighted by Gasteiger charge is -2.10. The van der Waals surface area contributed by atoms with E-state index in [0.717, 1.165) is 10.6 Å². The van der Waals surface area contributed by atoms with Gasteiger partial charge in [0.05, 0.1) is 0 Å². The normalized spacial score (nSPS) is 12.5. The van der Waals surface area contributed by atoms with Crippen molar-refractivity contribution < 1.29 is 25.8 Å². The van der Waals surface area contributed by atoms with Gasteiger partial charge in [0.15, 0.2) is 0 Å². The Morgan fingerprint density at radius 2 is 1.82 bits per heavy atom. The molecule has 0 aliphatic rings. The number of aryl methyl sites for hydroxylation is 1. The third kappa shape index (κ3) is 2.78. The molecule has 0 unspecified atom stereocenters. The Bertz CT molecular complexity index is 588. The Kier molecular flexibility index (Phi) is 3.24. The predicted octanol–water partition coefficient (Wildman–Crippen LogP) is 0.922. The van der Waals surface area contributed by atoms with E-state index in [1.54, 1.807) is 0 Å². The molecule has 0 bridgehead atoms. The fraction of sp³-hybridized carbons (Fsp3) is 0.375. The maximum absolute atomic E-state index is 12.0. The first-order valence-corrected chi connectivity index (χ1v) is 5.64. The molecule has 0 atom stereocenters. The predicted molar refractivity (Wildman–Crippen MR) is 52.0 cm³/mol. The van der Waals surface area contributed by atoms with Gasteiger partial charge in [-0.3, -0.25) is 4.79 Å². The Morgan fingerprint density at radius 3 is 2.24 bits per heavy atom.